The van der Waals surface area contributed by atoms with Gasteiger partial charge in [0.2, 0.25) is 0 Å². The van der Waals surface area contributed by atoms with Gasteiger partial charge < -0.3 is 0 Å². The molecule has 10 aromatic carbocycles. The van der Waals surface area contributed by atoms with E-state index < -0.39 is 8.07 Å². The van der Waals surface area contributed by atoms with Gasteiger partial charge >= 0.3 is 0 Å². The van der Waals surface area contributed by atoms with Crippen LogP contribution in [0.4, 0.5) is 0 Å². The minimum absolute atomic E-state index is 0.275. The molecule has 2 unspecified atom stereocenters. The Kier molecular flexibility index (Phi) is 7.59. The normalized spacial score (nSPS) is 17.4. The molecule has 2 atom stereocenters. The van der Waals surface area contributed by atoms with Gasteiger partial charge in [-0.1, -0.05) is 219 Å². The fourth-order valence-corrected chi connectivity index (χ4v) is 16.4. The standard InChI is InChI=1S/C66H44Si/c1-67(2)61-29-13-12-24-47(61)57-37-59-60(38-62(57)67)66(55-35-33-53-46-23-11-9-21-44(46)49-26-15-28-51(55)64(49)53)58-36-40(42-19-7-6-18-41(42)39-16-4-3-5-17-39)30-31-56(58)65(59)54-34-32-52-45-22-10-8-20-43(45)48-25-14-27-50(54)63(48)52/h3-38,53,64H,1-2H3. The summed E-state index contributed by atoms with van der Waals surface area (Å²) in [6.45, 7) is 5.13. The Morgan fingerprint density at radius 2 is 1.03 bits per heavy atom. The summed E-state index contributed by atoms with van der Waals surface area (Å²) < 4.78 is 0. The molecule has 0 nitrogen and oxygen atoms in total. The molecule has 1 heterocycles. The van der Waals surface area contributed by atoms with Crippen LogP contribution in [-0.4, -0.2) is 8.07 Å². The summed E-state index contributed by atoms with van der Waals surface area (Å²) >= 11 is 0. The molecule has 0 saturated carbocycles. The molecule has 0 bridgehead atoms. The monoisotopic (exact) mass is 864 g/mol. The summed E-state index contributed by atoms with van der Waals surface area (Å²) in [5.41, 5.74) is 24.1. The molecule has 4 aliphatic carbocycles. The van der Waals surface area contributed by atoms with Gasteiger partial charge in [-0.2, -0.15) is 0 Å². The van der Waals surface area contributed by atoms with E-state index in [4.69, 9.17) is 0 Å². The number of allylic oxidation sites excluding steroid dienone is 8. The first-order valence-corrected chi connectivity index (χ1v) is 26.9. The molecule has 0 aromatic heterocycles. The molecule has 5 aliphatic rings. The summed E-state index contributed by atoms with van der Waals surface area (Å²) in [5, 5.41) is 11.0. The lowest BCUT2D eigenvalue weighted by molar-refractivity contribution is 0.725. The van der Waals surface area contributed by atoms with Gasteiger partial charge in [0.1, 0.15) is 8.07 Å². The Hall–Kier alpha value is -7.84. The molecule has 15 rings (SSSR count). The lowest BCUT2D eigenvalue weighted by atomic mass is 9.73. The van der Waals surface area contributed by atoms with Gasteiger partial charge in [-0.15, -0.1) is 0 Å². The van der Waals surface area contributed by atoms with Crippen molar-refractivity contribution >= 4 is 61.9 Å². The minimum atomic E-state index is -2.08. The summed E-state index contributed by atoms with van der Waals surface area (Å²) in [5.74, 6) is 0.593. The molecule has 0 saturated heterocycles. The van der Waals surface area contributed by atoms with Crippen LogP contribution in [0.5, 0.6) is 0 Å². The van der Waals surface area contributed by atoms with E-state index in [1.807, 2.05) is 0 Å². The third-order valence-electron chi connectivity index (χ3n) is 16.2. The predicted molar refractivity (Wildman–Crippen MR) is 288 cm³/mol. The Morgan fingerprint density at radius 1 is 0.388 bits per heavy atom. The van der Waals surface area contributed by atoms with Crippen LogP contribution in [0.15, 0.2) is 224 Å². The van der Waals surface area contributed by atoms with Crippen LogP contribution in [0.3, 0.4) is 0 Å². The molecule has 0 radical (unpaired) electrons. The van der Waals surface area contributed by atoms with E-state index in [0.29, 0.717) is 5.92 Å². The minimum Gasteiger partial charge on any atom is -0.0754 e. The highest BCUT2D eigenvalue weighted by Gasteiger charge is 2.42. The van der Waals surface area contributed by atoms with Crippen molar-refractivity contribution in [2.24, 2.45) is 5.92 Å². The van der Waals surface area contributed by atoms with Gasteiger partial charge in [-0.25, -0.2) is 0 Å². The lowest BCUT2D eigenvalue weighted by Gasteiger charge is -2.30. The summed E-state index contributed by atoms with van der Waals surface area (Å²) in [4.78, 5) is 0. The average Bonchev–Trinajstić information content (AvgIpc) is 3.97. The second-order valence-corrected chi connectivity index (χ2v) is 24.1. The fraction of sp³-hybridized carbons (Fsp3) is 0.0606. The van der Waals surface area contributed by atoms with Crippen molar-refractivity contribution in [2.75, 3.05) is 0 Å². The van der Waals surface area contributed by atoms with Crippen molar-refractivity contribution in [1.29, 1.82) is 0 Å². The van der Waals surface area contributed by atoms with Crippen LogP contribution in [0.25, 0.3) is 110 Å². The summed E-state index contributed by atoms with van der Waals surface area (Å²) in [6.07, 6.45) is 12.2. The Labute approximate surface area is 392 Å². The molecule has 67 heavy (non-hydrogen) atoms. The number of benzene rings is 10. The number of hydrogen-bond acceptors (Lipinski definition) is 0. The molecule has 1 aliphatic heterocycles. The molecule has 0 fully saturated rings. The van der Waals surface area contributed by atoms with E-state index in [9.17, 15) is 0 Å². The van der Waals surface area contributed by atoms with Crippen molar-refractivity contribution in [3.63, 3.8) is 0 Å². The van der Waals surface area contributed by atoms with Crippen LogP contribution >= 0.6 is 0 Å². The molecular formula is C66H44Si. The molecule has 0 amide bonds. The third kappa shape index (κ3) is 5.02. The second-order valence-electron chi connectivity index (χ2n) is 19.8. The largest absolute Gasteiger partial charge is 0.113 e. The zero-order valence-corrected chi connectivity index (χ0v) is 38.4. The molecule has 0 N–H and O–H groups in total. The van der Waals surface area contributed by atoms with Crippen LogP contribution in [-0.2, 0) is 0 Å². The van der Waals surface area contributed by atoms with Gasteiger partial charge in [-0.05, 0) is 155 Å². The van der Waals surface area contributed by atoms with Crippen LogP contribution < -0.4 is 10.4 Å². The zero-order chi connectivity index (χ0) is 44.1. The highest BCUT2D eigenvalue weighted by Crippen LogP contribution is 2.58. The van der Waals surface area contributed by atoms with E-state index >= 15 is 0 Å². The Morgan fingerprint density at radius 3 is 1.85 bits per heavy atom. The first-order chi connectivity index (χ1) is 33.0. The van der Waals surface area contributed by atoms with Crippen LogP contribution in [0, 0.1) is 5.92 Å². The van der Waals surface area contributed by atoms with Crippen LogP contribution in [0.2, 0.25) is 13.1 Å². The molecule has 0 spiro atoms. The maximum atomic E-state index is 2.68. The van der Waals surface area contributed by atoms with E-state index in [1.54, 1.807) is 0 Å². The number of fused-ring (bicyclic) bond motifs is 11. The van der Waals surface area contributed by atoms with Crippen LogP contribution in [0.1, 0.15) is 22.6 Å². The summed E-state index contributed by atoms with van der Waals surface area (Å²) in [6, 6.07) is 71.8. The van der Waals surface area contributed by atoms with Gasteiger partial charge in [-0.3, -0.25) is 0 Å². The maximum absolute atomic E-state index is 2.68. The quantitative estimate of drug-likeness (QED) is 0.122. The summed E-state index contributed by atoms with van der Waals surface area (Å²) in [7, 11) is -2.08. The zero-order valence-electron chi connectivity index (χ0n) is 37.4. The lowest BCUT2D eigenvalue weighted by Crippen LogP contribution is -2.49. The Balaban J connectivity index is 1.11. The third-order valence-corrected chi connectivity index (χ3v) is 19.8. The fourth-order valence-electron chi connectivity index (χ4n) is 13.3. The first kappa shape index (κ1) is 37.4. The van der Waals surface area contributed by atoms with Crippen molar-refractivity contribution in [3.05, 3.63) is 241 Å². The predicted octanol–water partition coefficient (Wildman–Crippen LogP) is 16.3. The Bertz CT molecular complexity index is 3970. The van der Waals surface area contributed by atoms with E-state index in [2.05, 4.69) is 232 Å². The van der Waals surface area contributed by atoms with E-state index in [-0.39, 0.29) is 5.92 Å². The molecule has 1 heteroatoms. The SMILES string of the molecule is C[Si]1(C)c2ccccc2-c2cc3c(-c4ccc5c6c(cccc46)-c4ccccc4-5)c4ccc(-c5ccccc5-c5ccccc5)cc4c(C4=C5C=CC=C6c7ccccc7C(C=C4)C65)c3cc21. The van der Waals surface area contributed by atoms with Gasteiger partial charge in [0.05, 0.1) is 0 Å². The first-order valence-electron chi connectivity index (χ1n) is 23.9. The van der Waals surface area contributed by atoms with Gasteiger partial charge in [0.25, 0.3) is 0 Å². The number of hydrogen-bond donors (Lipinski definition) is 0. The van der Waals surface area contributed by atoms with Crippen molar-refractivity contribution in [3.8, 4) is 66.8 Å². The smallest absolute Gasteiger partial charge is 0.0754 e. The van der Waals surface area contributed by atoms with E-state index in [1.165, 1.54) is 143 Å². The van der Waals surface area contributed by atoms with E-state index in [0.717, 1.165) is 0 Å². The molecule has 10 aromatic rings. The maximum Gasteiger partial charge on any atom is 0.113 e. The topological polar surface area (TPSA) is 0 Å². The van der Waals surface area contributed by atoms with Crippen molar-refractivity contribution in [1.82, 2.24) is 0 Å². The van der Waals surface area contributed by atoms with Crippen molar-refractivity contribution in [2.45, 2.75) is 19.0 Å². The van der Waals surface area contributed by atoms with Gasteiger partial charge in [0, 0.05) is 11.8 Å². The molecule has 312 valence electrons. The average molecular weight is 865 g/mol. The highest BCUT2D eigenvalue weighted by molar-refractivity contribution is 7.04. The van der Waals surface area contributed by atoms with Crippen molar-refractivity contribution < 1.29 is 0 Å². The number of rotatable bonds is 4. The highest BCUT2D eigenvalue weighted by atomic mass is 28.3. The second kappa shape index (κ2) is 13.6. The molecular weight excluding hydrogens is 821 g/mol. The van der Waals surface area contributed by atoms with Gasteiger partial charge in [0.15, 0.2) is 0 Å².